The number of Topliss-reactive ketones (excluding diaryl/α,β-unsaturated/α-hetero) is 1. The molecule has 0 radical (unpaired) electrons. The summed E-state index contributed by atoms with van der Waals surface area (Å²) in [4.78, 5) is 12.2. The van der Waals surface area contributed by atoms with E-state index in [-0.39, 0.29) is 24.1 Å². The average molecular weight is 454 g/mol. The second kappa shape index (κ2) is 11.7. The summed E-state index contributed by atoms with van der Waals surface area (Å²) in [5.41, 5.74) is 2.18. The van der Waals surface area contributed by atoms with Gasteiger partial charge in [0.15, 0.2) is 5.78 Å². The largest absolute Gasteiger partial charge is 0.416 e. The maximum absolute atomic E-state index is 12.9. The molecule has 0 atom stereocenters. The van der Waals surface area contributed by atoms with Gasteiger partial charge >= 0.3 is 6.18 Å². The summed E-state index contributed by atoms with van der Waals surface area (Å²) < 4.78 is 38.8. The van der Waals surface area contributed by atoms with E-state index < -0.39 is 11.7 Å². The summed E-state index contributed by atoms with van der Waals surface area (Å²) in [5, 5.41) is 3.56. The smallest absolute Gasteiger partial charge is 0.314 e. The fourth-order valence-corrected chi connectivity index (χ4v) is 4.20. The van der Waals surface area contributed by atoms with Crippen molar-refractivity contribution >= 4 is 18.2 Å². The molecule has 0 aliphatic heterocycles. The molecule has 0 unspecified atom stereocenters. The first kappa shape index (κ1) is 25.4. The number of aryl methyl sites for hydroxylation is 1. The number of ketones is 1. The van der Waals surface area contributed by atoms with E-state index in [4.69, 9.17) is 0 Å². The van der Waals surface area contributed by atoms with Crippen molar-refractivity contribution in [1.82, 2.24) is 5.32 Å². The van der Waals surface area contributed by atoms with Crippen LogP contribution in [0.15, 0.2) is 48.5 Å². The standard InChI is InChI=1S/C25H30F3NO.ClH/c1-18-8-10-20(11-9-18)24(30)7-2-3-16-29-23-14-12-19(13-15-23)21-5-4-6-22(17-21)25(26,27)28;/h4-6,8-11,17,19,23,29H,2-3,7,12-16H2,1H3;1H. The summed E-state index contributed by atoms with van der Waals surface area (Å²) in [6.07, 6.45) is 1.86. The van der Waals surface area contributed by atoms with Gasteiger partial charge in [-0.15, -0.1) is 12.4 Å². The minimum atomic E-state index is -4.28. The van der Waals surface area contributed by atoms with Crippen LogP contribution in [-0.2, 0) is 6.18 Å². The fourth-order valence-electron chi connectivity index (χ4n) is 4.20. The summed E-state index contributed by atoms with van der Waals surface area (Å²) >= 11 is 0. The molecule has 1 saturated carbocycles. The van der Waals surface area contributed by atoms with E-state index >= 15 is 0 Å². The normalized spacial score (nSPS) is 19.0. The molecule has 0 spiro atoms. The van der Waals surface area contributed by atoms with Gasteiger partial charge in [-0.3, -0.25) is 4.79 Å². The van der Waals surface area contributed by atoms with E-state index in [2.05, 4.69) is 5.32 Å². The highest BCUT2D eigenvalue weighted by Crippen LogP contribution is 2.36. The molecular weight excluding hydrogens is 423 g/mol. The first-order valence-corrected chi connectivity index (χ1v) is 10.8. The highest BCUT2D eigenvalue weighted by molar-refractivity contribution is 5.96. The number of unbranched alkanes of at least 4 members (excludes halogenated alkanes) is 1. The molecule has 2 aromatic rings. The first-order valence-electron chi connectivity index (χ1n) is 10.8. The van der Waals surface area contributed by atoms with Crippen LogP contribution < -0.4 is 5.32 Å². The Bertz CT molecular complexity index is 827. The Hall–Kier alpha value is -1.85. The molecule has 0 bridgehead atoms. The van der Waals surface area contributed by atoms with Gasteiger partial charge in [-0.2, -0.15) is 13.2 Å². The molecule has 2 aromatic carbocycles. The summed E-state index contributed by atoms with van der Waals surface area (Å²) in [7, 11) is 0. The lowest BCUT2D eigenvalue weighted by Crippen LogP contribution is -2.33. The van der Waals surface area contributed by atoms with E-state index in [0.717, 1.165) is 67.8 Å². The molecule has 1 aliphatic rings. The molecule has 0 aromatic heterocycles. The lowest BCUT2D eigenvalue weighted by Gasteiger charge is -2.30. The van der Waals surface area contributed by atoms with Gasteiger partial charge in [-0.25, -0.2) is 0 Å². The quantitative estimate of drug-likeness (QED) is 0.341. The molecule has 1 N–H and O–H groups in total. The van der Waals surface area contributed by atoms with E-state index in [1.807, 2.05) is 37.3 Å². The molecule has 0 heterocycles. The Morgan fingerprint density at radius 1 is 1.00 bits per heavy atom. The number of benzene rings is 2. The number of carbonyl (C=O) groups is 1. The second-order valence-corrected chi connectivity index (χ2v) is 8.37. The Morgan fingerprint density at radius 2 is 1.68 bits per heavy atom. The number of carbonyl (C=O) groups excluding carboxylic acids is 1. The number of hydrogen-bond donors (Lipinski definition) is 1. The van der Waals surface area contributed by atoms with Gasteiger partial charge in [0, 0.05) is 18.0 Å². The third-order valence-electron chi connectivity index (χ3n) is 6.05. The van der Waals surface area contributed by atoms with Crippen LogP contribution in [0, 0.1) is 6.92 Å². The maximum atomic E-state index is 12.9. The number of rotatable bonds is 8. The van der Waals surface area contributed by atoms with Crippen molar-refractivity contribution < 1.29 is 18.0 Å². The van der Waals surface area contributed by atoms with Gasteiger partial charge in [0.25, 0.3) is 0 Å². The van der Waals surface area contributed by atoms with Crippen molar-refractivity contribution in [3.05, 3.63) is 70.8 Å². The van der Waals surface area contributed by atoms with Crippen molar-refractivity contribution in [3.63, 3.8) is 0 Å². The lowest BCUT2D eigenvalue weighted by molar-refractivity contribution is -0.137. The van der Waals surface area contributed by atoms with Crippen LogP contribution in [0.4, 0.5) is 13.2 Å². The second-order valence-electron chi connectivity index (χ2n) is 8.37. The van der Waals surface area contributed by atoms with Crippen LogP contribution in [0.1, 0.15) is 77.9 Å². The van der Waals surface area contributed by atoms with E-state index in [1.165, 1.54) is 12.1 Å². The summed E-state index contributed by atoms with van der Waals surface area (Å²) in [6.45, 7) is 2.88. The topological polar surface area (TPSA) is 29.1 Å². The minimum Gasteiger partial charge on any atom is -0.314 e. The number of hydrogen-bond acceptors (Lipinski definition) is 2. The van der Waals surface area contributed by atoms with Crippen molar-refractivity contribution in [3.8, 4) is 0 Å². The van der Waals surface area contributed by atoms with Gasteiger partial charge in [0.1, 0.15) is 0 Å². The zero-order valence-corrected chi connectivity index (χ0v) is 18.7. The monoisotopic (exact) mass is 453 g/mol. The third kappa shape index (κ3) is 7.65. The lowest BCUT2D eigenvalue weighted by atomic mass is 9.81. The Balaban J connectivity index is 0.00000341. The molecule has 6 heteroatoms. The Kier molecular flexibility index (Phi) is 9.57. The van der Waals surface area contributed by atoms with E-state index in [9.17, 15) is 18.0 Å². The number of halogens is 4. The zero-order chi connectivity index (χ0) is 21.6. The molecule has 170 valence electrons. The van der Waals surface area contributed by atoms with Crippen LogP contribution >= 0.6 is 12.4 Å². The highest BCUT2D eigenvalue weighted by Gasteiger charge is 2.31. The Labute approximate surface area is 189 Å². The molecule has 0 saturated heterocycles. The molecule has 3 rings (SSSR count). The van der Waals surface area contributed by atoms with Crippen molar-refractivity contribution in [2.24, 2.45) is 0 Å². The van der Waals surface area contributed by atoms with Crippen LogP contribution in [0.3, 0.4) is 0 Å². The molecule has 0 amide bonds. The van der Waals surface area contributed by atoms with Crippen LogP contribution in [0.25, 0.3) is 0 Å². The van der Waals surface area contributed by atoms with Crippen LogP contribution in [-0.4, -0.2) is 18.4 Å². The fraction of sp³-hybridized carbons (Fsp3) is 0.480. The van der Waals surface area contributed by atoms with Gasteiger partial charge < -0.3 is 5.32 Å². The Morgan fingerprint density at radius 3 is 2.32 bits per heavy atom. The van der Waals surface area contributed by atoms with Gasteiger partial charge in [0.05, 0.1) is 5.56 Å². The van der Waals surface area contributed by atoms with Crippen molar-refractivity contribution in [2.45, 2.75) is 70.0 Å². The number of nitrogens with one attached hydrogen (secondary N) is 1. The van der Waals surface area contributed by atoms with E-state index in [0.29, 0.717) is 12.5 Å². The molecule has 1 fully saturated rings. The minimum absolute atomic E-state index is 0. The third-order valence-corrected chi connectivity index (χ3v) is 6.05. The average Bonchev–Trinajstić information content (AvgIpc) is 2.74. The van der Waals surface area contributed by atoms with E-state index in [1.54, 1.807) is 0 Å². The molecule has 31 heavy (non-hydrogen) atoms. The van der Waals surface area contributed by atoms with Crippen LogP contribution in [0.5, 0.6) is 0 Å². The maximum Gasteiger partial charge on any atom is 0.416 e. The van der Waals surface area contributed by atoms with Crippen molar-refractivity contribution in [1.29, 1.82) is 0 Å². The SMILES string of the molecule is Cc1ccc(C(=O)CCCCNC2CCC(c3cccc(C(F)(F)F)c3)CC2)cc1.Cl. The van der Waals surface area contributed by atoms with Crippen molar-refractivity contribution in [2.75, 3.05) is 6.54 Å². The van der Waals surface area contributed by atoms with Gasteiger partial charge in [-0.1, -0.05) is 48.0 Å². The molecule has 2 nitrogen and oxygen atoms in total. The predicted molar refractivity (Wildman–Crippen MR) is 121 cm³/mol. The van der Waals surface area contributed by atoms with Crippen LogP contribution in [0.2, 0.25) is 0 Å². The summed E-state index contributed by atoms with van der Waals surface area (Å²) in [6, 6.07) is 13.9. The summed E-state index contributed by atoms with van der Waals surface area (Å²) in [5.74, 6) is 0.397. The number of alkyl halides is 3. The predicted octanol–water partition coefficient (Wildman–Crippen LogP) is 7.10. The first-order chi connectivity index (χ1) is 14.3. The molecular formula is C25H31ClF3NO. The van der Waals surface area contributed by atoms with Gasteiger partial charge in [0.2, 0.25) is 0 Å². The molecule has 1 aliphatic carbocycles. The van der Waals surface area contributed by atoms with Gasteiger partial charge in [-0.05, 0) is 69.5 Å². The zero-order valence-electron chi connectivity index (χ0n) is 17.9. The highest BCUT2D eigenvalue weighted by atomic mass is 35.5.